The molecule has 0 aromatic heterocycles. The lowest BCUT2D eigenvalue weighted by Crippen LogP contribution is -2.57. The van der Waals surface area contributed by atoms with Crippen LogP contribution in [0.3, 0.4) is 0 Å². The van der Waals surface area contributed by atoms with Crippen molar-refractivity contribution in [3.05, 3.63) is 0 Å². The van der Waals surface area contributed by atoms with Crippen LogP contribution in [-0.2, 0) is 19.2 Å². The quantitative estimate of drug-likeness (QED) is 0.522. The highest BCUT2D eigenvalue weighted by atomic mass is 16.4. The number of rotatable bonds is 8. The molecule has 3 amide bonds. The van der Waals surface area contributed by atoms with Crippen LogP contribution in [0.1, 0.15) is 59.8 Å². The number of carboxylic acids is 1. The standard InChI is InChI=1S/C21H36N4O5/c1-12(2)11-14(19(27)25-10-6-8-16(25)21(29)30)23-18(26)15-7-5-9-24(15)20(28)17(22)13(3)4/h12-17H,5-11,22H2,1-4H3,(H,23,26)(H,29,30). The van der Waals surface area contributed by atoms with Gasteiger partial charge in [0.25, 0.3) is 0 Å². The van der Waals surface area contributed by atoms with Gasteiger partial charge in [0.2, 0.25) is 17.7 Å². The Bertz CT molecular complexity index is 666. The van der Waals surface area contributed by atoms with E-state index in [4.69, 9.17) is 5.73 Å². The van der Waals surface area contributed by atoms with Gasteiger partial charge in [0.05, 0.1) is 6.04 Å². The van der Waals surface area contributed by atoms with Crippen LogP contribution in [0, 0.1) is 11.8 Å². The second-order valence-corrected chi connectivity index (χ2v) is 9.18. The van der Waals surface area contributed by atoms with E-state index in [0.717, 1.165) is 0 Å². The zero-order chi connectivity index (χ0) is 22.6. The molecule has 0 bridgehead atoms. The Morgan fingerprint density at radius 1 is 0.967 bits per heavy atom. The van der Waals surface area contributed by atoms with E-state index < -0.39 is 30.1 Å². The van der Waals surface area contributed by atoms with Crippen LogP contribution in [0.15, 0.2) is 0 Å². The molecule has 4 atom stereocenters. The molecule has 0 radical (unpaired) electrons. The van der Waals surface area contributed by atoms with Crippen molar-refractivity contribution in [2.75, 3.05) is 13.1 Å². The van der Waals surface area contributed by atoms with Crippen molar-refractivity contribution < 1.29 is 24.3 Å². The van der Waals surface area contributed by atoms with Crippen molar-refractivity contribution in [2.45, 2.75) is 84.0 Å². The molecule has 2 fully saturated rings. The Kier molecular flexibility index (Phi) is 8.23. The summed E-state index contributed by atoms with van der Waals surface area (Å²) < 4.78 is 0. The van der Waals surface area contributed by atoms with Crippen molar-refractivity contribution in [3.63, 3.8) is 0 Å². The van der Waals surface area contributed by atoms with Crippen LogP contribution in [0.5, 0.6) is 0 Å². The van der Waals surface area contributed by atoms with E-state index in [2.05, 4.69) is 5.32 Å². The number of nitrogens with one attached hydrogen (secondary N) is 1. The van der Waals surface area contributed by atoms with E-state index in [1.807, 2.05) is 27.7 Å². The molecule has 0 spiro atoms. The van der Waals surface area contributed by atoms with E-state index in [1.165, 1.54) is 9.80 Å². The summed E-state index contributed by atoms with van der Waals surface area (Å²) in [5.74, 6) is -1.93. The van der Waals surface area contributed by atoms with Gasteiger partial charge in [0.1, 0.15) is 18.1 Å². The van der Waals surface area contributed by atoms with Crippen LogP contribution in [-0.4, -0.2) is 75.9 Å². The van der Waals surface area contributed by atoms with Crippen molar-refractivity contribution in [1.82, 2.24) is 15.1 Å². The number of carbonyl (C=O) groups is 4. The van der Waals surface area contributed by atoms with Crippen molar-refractivity contribution in [3.8, 4) is 0 Å². The summed E-state index contributed by atoms with van der Waals surface area (Å²) >= 11 is 0. The summed E-state index contributed by atoms with van der Waals surface area (Å²) in [6, 6.07) is -2.99. The topological polar surface area (TPSA) is 133 Å². The molecule has 2 rings (SSSR count). The van der Waals surface area contributed by atoms with Gasteiger partial charge in [0, 0.05) is 13.1 Å². The largest absolute Gasteiger partial charge is 0.480 e. The number of nitrogens with zero attached hydrogens (tertiary/aromatic N) is 2. The van der Waals surface area contributed by atoms with Gasteiger partial charge < -0.3 is 26.0 Å². The Morgan fingerprint density at radius 3 is 2.00 bits per heavy atom. The first-order valence-corrected chi connectivity index (χ1v) is 10.9. The fraction of sp³-hybridized carbons (Fsp3) is 0.810. The Morgan fingerprint density at radius 2 is 1.50 bits per heavy atom. The molecule has 2 heterocycles. The Balaban J connectivity index is 2.13. The Hall–Kier alpha value is -2.16. The van der Waals surface area contributed by atoms with Gasteiger partial charge in [-0.3, -0.25) is 14.4 Å². The summed E-state index contributed by atoms with van der Waals surface area (Å²) in [7, 11) is 0. The van der Waals surface area contributed by atoms with Gasteiger partial charge in [-0.1, -0.05) is 27.7 Å². The number of aliphatic carboxylic acids is 1. The molecule has 0 aromatic carbocycles. The van der Waals surface area contributed by atoms with Crippen LogP contribution in [0.4, 0.5) is 0 Å². The van der Waals surface area contributed by atoms with Crippen LogP contribution in [0.2, 0.25) is 0 Å². The van der Waals surface area contributed by atoms with Gasteiger partial charge >= 0.3 is 5.97 Å². The molecule has 9 heteroatoms. The molecular formula is C21H36N4O5. The number of hydrogen-bond acceptors (Lipinski definition) is 5. The predicted octanol–water partition coefficient (Wildman–Crippen LogP) is 0.567. The molecule has 0 aromatic rings. The van der Waals surface area contributed by atoms with Crippen LogP contribution < -0.4 is 11.1 Å². The molecule has 4 unspecified atom stereocenters. The monoisotopic (exact) mass is 424 g/mol. The minimum atomic E-state index is -1.02. The minimum Gasteiger partial charge on any atom is -0.480 e. The first-order chi connectivity index (χ1) is 14.0. The third kappa shape index (κ3) is 5.50. The number of nitrogens with two attached hydrogens (primary N) is 1. The number of carboxylic acid groups (broad SMARTS) is 1. The predicted molar refractivity (Wildman–Crippen MR) is 111 cm³/mol. The highest BCUT2D eigenvalue weighted by Crippen LogP contribution is 2.23. The second kappa shape index (κ2) is 10.2. The third-order valence-corrected chi connectivity index (χ3v) is 5.98. The maximum atomic E-state index is 13.1. The maximum absolute atomic E-state index is 13.1. The van der Waals surface area contributed by atoms with Crippen LogP contribution in [0.25, 0.3) is 0 Å². The first-order valence-electron chi connectivity index (χ1n) is 10.9. The van der Waals surface area contributed by atoms with E-state index in [-0.39, 0.29) is 29.6 Å². The normalized spacial score (nSPS) is 23.7. The highest BCUT2D eigenvalue weighted by molar-refractivity contribution is 5.94. The average Bonchev–Trinajstić information content (AvgIpc) is 3.34. The maximum Gasteiger partial charge on any atom is 0.326 e. The average molecular weight is 425 g/mol. The van der Waals surface area contributed by atoms with Crippen molar-refractivity contribution in [1.29, 1.82) is 0 Å². The fourth-order valence-electron chi connectivity index (χ4n) is 4.23. The first kappa shape index (κ1) is 24.1. The second-order valence-electron chi connectivity index (χ2n) is 9.18. The number of likely N-dealkylation sites (tertiary alicyclic amines) is 2. The summed E-state index contributed by atoms with van der Waals surface area (Å²) in [4.78, 5) is 53.2. The van der Waals surface area contributed by atoms with E-state index in [9.17, 15) is 24.3 Å². The van der Waals surface area contributed by atoms with Gasteiger partial charge in [0.15, 0.2) is 0 Å². The minimum absolute atomic E-state index is 0.0415. The lowest BCUT2D eigenvalue weighted by Gasteiger charge is -2.31. The van der Waals surface area contributed by atoms with Crippen molar-refractivity contribution in [2.24, 2.45) is 17.6 Å². The van der Waals surface area contributed by atoms with E-state index in [1.54, 1.807) is 0 Å². The molecule has 2 aliphatic rings. The fourth-order valence-corrected chi connectivity index (χ4v) is 4.23. The van der Waals surface area contributed by atoms with Crippen LogP contribution >= 0.6 is 0 Å². The number of hydrogen-bond donors (Lipinski definition) is 3. The lowest BCUT2D eigenvalue weighted by atomic mass is 10.0. The molecule has 30 heavy (non-hydrogen) atoms. The SMILES string of the molecule is CC(C)CC(NC(=O)C1CCCN1C(=O)C(N)C(C)C)C(=O)N1CCCC1C(=O)O. The molecule has 9 nitrogen and oxygen atoms in total. The summed E-state index contributed by atoms with van der Waals surface area (Å²) in [6.45, 7) is 8.45. The zero-order valence-corrected chi connectivity index (χ0v) is 18.5. The molecular weight excluding hydrogens is 388 g/mol. The summed E-state index contributed by atoms with van der Waals surface area (Å²) in [5.41, 5.74) is 6.00. The third-order valence-electron chi connectivity index (χ3n) is 5.98. The lowest BCUT2D eigenvalue weighted by molar-refractivity contribution is -0.150. The number of amides is 3. The molecule has 2 saturated heterocycles. The summed E-state index contributed by atoms with van der Waals surface area (Å²) in [5, 5.41) is 12.2. The van der Waals surface area contributed by atoms with E-state index >= 15 is 0 Å². The van der Waals surface area contributed by atoms with Gasteiger partial charge in [-0.25, -0.2) is 4.79 Å². The number of carbonyl (C=O) groups excluding carboxylic acids is 3. The van der Waals surface area contributed by atoms with Gasteiger partial charge in [-0.05, 0) is 43.9 Å². The molecule has 0 aliphatic carbocycles. The molecule has 4 N–H and O–H groups in total. The van der Waals surface area contributed by atoms with Gasteiger partial charge in [-0.2, -0.15) is 0 Å². The smallest absolute Gasteiger partial charge is 0.326 e. The molecule has 2 aliphatic heterocycles. The highest BCUT2D eigenvalue weighted by Gasteiger charge is 2.41. The molecule has 170 valence electrons. The van der Waals surface area contributed by atoms with E-state index in [0.29, 0.717) is 45.2 Å². The van der Waals surface area contributed by atoms with Gasteiger partial charge in [-0.15, -0.1) is 0 Å². The molecule has 0 saturated carbocycles. The Labute approximate surface area is 178 Å². The zero-order valence-electron chi connectivity index (χ0n) is 18.5. The summed E-state index contributed by atoms with van der Waals surface area (Å²) in [6.07, 6.45) is 2.67. The van der Waals surface area contributed by atoms with Crippen molar-refractivity contribution >= 4 is 23.7 Å².